The molecule has 0 saturated heterocycles. The average molecular weight is 310 g/mol. The molecule has 2 heterocycles. The number of oxime groups is 1. The summed E-state index contributed by atoms with van der Waals surface area (Å²) in [5.74, 6) is -3.24. The van der Waals surface area contributed by atoms with Crippen LogP contribution in [0, 0.1) is 0 Å². The Kier molecular flexibility index (Phi) is 3.25. The Morgan fingerprint density at radius 1 is 1.18 bits per heavy atom. The number of hydrogen-bond acceptors (Lipinski definition) is 3. The highest BCUT2D eigenvalue weighted by molar-refractivity contribution is 6.01. The number of aromatic nitrogens is 1. The van der Waals surface area contributed by atoms with Crippen molar-refractivity contribution >= 4 is 5.71 Å². The first-order valence-corrected chi connectivity index (χ1v) is 6.56. The van der Waals surface area contributed by atoms with Gasteiger partial charge in [-0.05, 0) is 23.3 Å². The van der Waals surface area contributed by atoms with E-state index in [0.717, 1.165) is 11.3 Å². The Morgan fingerprint density at radius 2 is 1.82 bits per heavy atom. The maximum Gasteiger partial charge on any atom is 0.458 e. The van der Waals surface area contributed by atoms with Crippen molar-refractivity contribution in [1.29, 1.82) is 0 Å². The lowest BCUT2D eigenvalue weighted by molar-refractivity contribution is -0.355. The number of aryl methyl sites for hydroxylation is 1. The van der Waals surface area contributed by atoms with Gasteiger partial charge < -0.3 is 14.5 Å². The molecule has 0 saturated carbocycles. The smallest absolute Gasteiger partial charge is 0.351 e. The summed E-state index contributed by atoms with van der Waals surface area (Å²) in [5.41, 5.74) is 2.47. The number of nitrogens with zero attached hydrogens (tertiary/aromatic N) is 2. The lowest BCUT2D eigenvalue weighted by Crippen LogP contribution is -2.45. The number of rotatable bonds is 2. The topological polar surface area (TPSA) is 46.8 Å². The molecule has 1 aliphatic rings. The molecule has 0 radical (unpaired) electrons. The highest BCUT2D eigenvalue weighted by Gasteiger charge is 2.60. The van der Waals surface area contributed by atoms with E-state index in [9.17, 15) is 18.3 Å². The van der Waals surface area contributed by atoms with E-state index >= 15 is 0 Å². The second-order valence-corrected chi connectivity index (χ2v) is 5.17. The molecule has 0 aliphatic carbocycles. The molecule has 1 unspecified atom stereocenters. The minimum Gasteiger partial charge on any atom is -0.351 e. The molecule has 1 aromatic carbocycles. The highest BCUT2D eigenvalue weighted by atomic mass is 19.4. The van der Waals surface area contributed by atoms with Gasteiger partial charge in [-0.2, -0.15) is 13.2 Å². The first-order valence-electron chi connectivity index (χ1n) is 6.56. The summed E-state index contributed by atoms with van der Waals surface area (Å²) >= 11 is 0. The van der Waals surface area contributed by atoms with Crippen LogP contribution < -0.4 is 0 Å². The van der Waals surface area contributed by atoms with Crippen molar-refractivity contribution in [2.24, 2.45) is 12.2 Å². The third-order valence-corrected chi connectivity index (χ3v) is 3.61. The number of halogens is 3. The minimum absolute atomic E-state index is 0.0678. The molecule has 0 amide bonds. The van der Waals surface area contributed by atoms with E-state index in [2.05, 4.69) is 9.99 Å². The van der Waals surface area contributed by atoms with Gasteiger partial charge in [0.1, 0.15) is 0 Å². The van der Waals surface area contributed by atoms with Crippen molar-refractivity contribution in [2.75, 3.05) is 0 Å². The first kappa shape index (κ1) is 14.6. The van der Waals surface area contributed by atoms with Gasteiger partial charge in [0.25, 0.3) is 0 Å². The van der Waals surface area contributed by atoms with E-state index in [1.807, 2.05) is 29.9 Å². The van der Waals surface area contributed by atoms with Crippen molar-refractivity contribution in [1.82, 2.24) is 4.57 Å². The molecule has 0 fully saturated rings. The molecule has 0 spiro atoms. The fourth-order valence-corrected chi connectivity index (χ4v) is 2.32. The molecule has 0 bridgehead atoms. The predicted octanol–water partition coefficient (Wildman–Crippen LogP) is 3.07. The zero-order valence-corrected chi connectivity index (χ0v) is 11.6. The molecule has 1 aromatic heterocycles. The van der Waals surface area contributed by atoms with Gasteiger partial charge in [0.2, 0.25) is 0 Å². The number of hydrogen-bond donors (Lipinski definition) is 1. The van der Waals surface area contributed by atoms with Crippen molar-refractivity contribution in [2.45, 2.75) is 18.4 Å². The Labute approximate surface area is 124 Å². The zero-order chi connectivity index (χ0) is 16.0. The van der Waals surface area contributed by atoms with E-state index in [1.54, 1.807) is 24.3 Å². The molecule has 3 rings (SSSR count). The first-order chi connectivity index (χ1) is 10.3. The molecule has 1 N–H and O–H groups in total. The number of alkyl halides is 3. The fraction of sp³-hybridized carbons (Fsp3) is 0.267. The summed E-state index contributed by atoms with van der Waals surface area (Å²) in [6.07, 6.45) is -3.71. The molecule has 116 valence electrons. The van der Waals surface area contributed by atoms with E-state index in [-0.39, 0.29) is 5.71 Å². The van der Waals surface area contributed by atoms with Gasteiger partial charge in [0.05, 0.1) is 12.1 Å². The van der Waals surface area contributed by atoms with Crippen LogP contribution in [0.5, 0.6) is 0 Å². The van der Waals surface area contributed by atoms with Crippen LogP contribution in [0.2, 0.25) is 0 Å². The summed E-state index contributed by atoms with van der Waals surface area (Å²) in [4.78, 5) is 4.21. The van der Waals surface area contributed by atoms with Crippen LogP contribution in [-0.2, 0) is 11.9 Å². The van der Waals surface area contributed by atoms with Crippen molar-refractivity contribution < 1.29 is 23.1 Å². The normalized spacial score (nSPS) is 21.6. The highest BCUT2D eigenvalue weighted by Crippen LogP contribution is 2.39. The molecular weight excluding hydrogens is 297 g/mol. The summed E-state index contributed by atoms with van der Waals surface area (Å²) in [5, 5.41) is 12.8. The van der Waals surface area contributed by atoms with E-state index in [0.29, 0.717) is 5.56 Å². The SMILES string of the molecule is Cn1cccc1-c1ccc(C2=NOC(O)(C(F)(F)F)C2)cc1. The Bertz CT molecular complexity index is 719. The second-order valence-electron chi connectivity index (χ2n) is 5.17. The van der Waals surface area contributed by atoms with Gasteiger partial charge in [0, 0.05) is 18.9 Å². The summed E-state index contributed by atoms with van der Waals surface area (Å²) in [6, 6.07) is 10.7. The molecule has 1 atom stereocenters. The Hall–Kier alpha value is -2.28. The van der Waals surface area contributed by atoms with E-state index in [1.165, 1.54) is 0 Å². The minimum atomic E-state index is -4.89. The molecule has 1 aliphatic heterocycles. The van der Waals surface area contributed by atoms with Gasteiger partial charge in [-0.15, -0.1) is 0 Å². The quantitative estimate of drug-likeness (QED) is 0.926. The average Bonchev–Trinajstić information content (AvgIpc) is 3.06. The van der Waals surface area contributed by atoms with Gasteiger partial charge >= 0.3 is 12.0 Å². The lowest BCUT2D eigenvalue weighted by Gasteiger charge is -2.22. The van der Waals surface area contributed by atoms with Crippen LogP contribution in [-0.4, -0.2) is 27.3 Å². The Morgan fingerprint density at radius 3 is 2.32 bits per heavy atom. The summed E-state index contributed by atoms with van der Waals surface area (Å²) < 4.78 is 40.0. The fourth-order valence-electron chi connectivity index (χ4n) is 2.32. The molecule has 4 nitrogen and oxygen atoms in total. The molecule has 22 heavy (non-hydrogen) atoms. The number of aliphatic hydroxyl groups is 1. The number of benzene rings is 1. The van der Waals surface area contributed by atoms with Crippen LogP contribution in [0.3, 0.4) is 0 Å². The van der Waals surface area contributed by atoms with Crippen LogP contribution in [0.4, 0.5) is 13.2 Å². The third-order valence-electron chi connectivity index (χ3n) is 3.61. The lowest BCUT2D eigenvalue weighted by atomic mass is 10.0. The van der Waals surface area contributed by atoms with E-state index in [4.69, 9.17) is 0 Å². The molecule has 2 aromatic rings. The maximum absolute atomic E-state index is 12.7. The standard InChI is InChI=1S/C15H13F3N2O2/c1-20-8-2-3-13(20)11-6-4-10(5-7-11)12-9-14(21,22-19-12)15(16,17)18/h2-8,21H,9H2,1H3. The van der Waals surface area contributed by atoms with Gasteiger partial charge in [0.15, 0.2) is 0 Å². The van der Waals surface area contributed by atoms with E-state index < -0.39 is 18.4 Å². The van der Waals surface area contributed by atoms with Crippen LogP contribution in [0.1, 0.15) is 12.0 Å². The molecular formula is C15H13F3N2O2. The zero-order valence-electron chi connectivity index (χ0n) is 11.6. The van der Waals surface area contributed by atoms with Crippen LogP contribution in [0.15, 0.2) is 47.8 Å². The van der Waals surface area contributed by atoms with Gasteiger partial charge in [-0.25, -0.2) is 0 Å². The van der Waals surface area contributed by atoms with Crippen molar-refractivity contribution in [3.05, 3.63) is 48.2 Å². The van der Waals surface area contributed by atoms with Gasteiger partial charge in [-0.1, -0.05) is 29.4 Å². The maximum atomic E-state index is 12.7. The Balaban J connectivity index is 1.82. The van der Waals surface area contributed by atoms with Crippen molar-refractivity contribution in [3.8, 4) is 11.3 Å². The second kappa shape index (κ2) is 4.88. The van der Waals surface area contributed by atoms with Crippen LogP contribution in [0.25, 0.3) is 11.3 Å². The summed E-state index contributed by atoms with van der Waals surface area (Å²) in [6.45, 7) is 0. The molecule has 7 heteroatoms. The van der Waals surface area contributed by atoms with Crippen LogP contribution >= 0.6 is 0 Å². The monoisotopic (exact) mass is 310 g/mol. The van der Waals surface area contributed by atoms with Crippen molar-refractivity contribution in [3.63, 3.8) is 0 Å². The van der Waals surface area contributed by atoms with Gasteiger partial charge in [-0.3, -0.25) is 0 Å². The largest absolute Gasteiger partial charge is 0.458 e. The summed E-state index contributed by atoms with van der Waals surface area (Å²) in [7, 11) is 1.90. The predicted molar refractivity (Wildman–Crippen MR) is 74.1 cm³/mol. The third kappa shape index (κ3) is 2.37.